The van der Waals surface area contributed by atoms with Gasteiger partial charge in [0.25, 0.3) is 0 Å². The second-order valence-electron chi connectivity index (χ2n) is 4.28. The van der Waals surface area contributed by atoms with Crippen molar-refractivity contribution in [3.63, 3.8) is 0 Å². The van der Waals surface area contributed by atoms with E-state index in [9.17, 15) is 9.59 Å². The molecule has 0 aliphatic carbocycles. The minimum Gasteiger partial charge on any atom is -0.481 e. The number of halogens is 1. The van der Waals surface area contributed by atoms with Crippen LogP contribution in [0.15, 0.2) is 22.7 Å². The van der Waals surface area contributed by atoms with Gasteiger partial charge >= 0.3 is 12.0 Å². The van der Waals surface area contributed by atoms with Gasteiger partial charge in [-0.15, -0.1) is 0 Å². The third kappa shape index (κ3) is 5.30. The summed E-state index contributed by atoms with van der Waals surface area (Å²) in [5.41, 5.74) is 1.73. The molecule has 0 bridgehead atoms. The molecule has 1 rings (SSSR count). The SMILES string of the molecule is CCC(CC(=O)O)NC(=O)Nc1ccc(C)cc1Br. The Kier molecular flexibility index (Phi) is 5.82. The molecular weight excluding hydrogens is 312 g/mol. The maximum Gasteiger partial charge on any atom is 0.319 e. The van der Waals surface area contributed by atoms with Crippen molar-refractivity contribution in [2.24, 2.45) is 0 Å². The number of carbonyl (C=O) groups excluding carboxylic acids is 1. The molecule has 0 saturated heterocycles. The van der Waals surface area contributed by atoms with Crippen LogP contribution in [0.1, 0.15) is 25.3 Å². The van der Waals surface area contributed by atoms with Gasteiger partial charge in [-0.3, -0.25) is 4.79 Å². The van der Waals surface area contributed by atoms with Crippen molar-refractivity contribution in [1.82, 2.24) is 5.32 Å². The molecule has 0 aliphatic rings. The van der Waals surface area contributed by atoms with Crippen LogP contribution in [-0.2, 0) is 4.79 Å². The van der Waals surface area contributed by atoms with E-state index in [1.807, 2.05) is 26.0 Å². The van der Waals surface area contributed by atoms with Crippen LogP contribution in [0.4, 0.5) is 10.5 Å². The Morgan fingerprint density at radius 2 is 2.11 bits per heavy atom. The highest BCUT2D eigenvalue weighted by atomic mass is 79.9. The summed E-state index contributed by atoms with van der Waals surface area (Å²) in [7, 11) is 0. The fourth-order valence-electron chi connectivity index (χ4n) is 1.57. The standard InChI is InChI=1S/C13H17BrN2O3/c1-3-9(7-12(17)18)15-13(19)16-11-5-4-8(2)6-10(11)14/h4-6,9H,3,7H2,1-2H3,(H,17,18)(H2,15,16,19). The number of anilines is 1. The van der Waals surface area contributed by atoms with E-state index in [2.05, 4.69) is 26.6 Å². The van der Waals surface area contributed by atoms with E-state index >= 15 is 0 Å². The quantitative estimate of drug-likeness (QED) is 0.776. The third-order valence-electron chi connectivity index (χ3n) is 2.62. The van der Waals surface area contributed by atoms with Gasteiger partial charge in [-0.25, -0.2) is 4.79 Å². The molecule has 1 aromatic carbocycles. The van der Waals surface area contributed by atoms with Crippen molar-refractivity contribution >= 4 is 33.6 Å². The monoisotopic (exact) mass is 328 g/mol. The summed E-state index contributed by atoms with van der Waals surface area (Å²) in [6, 6.07) is 4.79. The van der Waals surface area contributed by atoms with Crippen molar-refractivity contribution in [1.29, 1.82) is 0 Å². The summed E-state index contributed by atoms with van der Waals surface area (Å²) in [6.45, 7) is 3.78. The number of benzene rings is 1. The van der Waals surface area contributed by atoms with E-state index < -0.39 is 12.0 Å². The Hall–Kier alpha value is -1.56. The lowest BCUT2D eigenvalue weighted by atomic mass is 10.1. The Morgan fingerprint density at radius 3 is 2.63 bits per heavy atom. The molecule has 3 N–H and O–H groups in total. The zero-order chi connectivity index (χ0) is 14.4. The number of carbonyl (C=O) groups is 2. The summed E-state index contributed by atoms with van der Waals surface area (Å²) >= 11 is 3.36. The fourth-order valence-corrected chi connectivity index (χ4v) is 2.17. The molecule has 104 valence electrons. The molecule has 0 radical (unpaired) electrons. The minimum absolute atomic E-state index is 0.0843. The number of aliphatic carboxylic acids is 1. The molecule has 0 aromatic heterocycles. The summed E-state index contributed by atoms with van der Waals surface area (Å²) in [5.74, 6) is -0.927. The first-order valence-corrected chi connectivity index (χ1v) is 6.77. The zero-order valence-electron chi connectivity index (χ0n) is 10.9. The van der Waals surface area contributed by atoms with Gasteiger partial charge in [-0.05, 0) is 47.0 Å². The van der Waals surface area contributed by atoms with Crippen LogP contribution < -0.4 is 10.6 Å². The Morgan fingerprint density at radius 1 is 1.42 bits per heavy atom. The van der Waals surface area contributed by atoms with Crippen LogP contribution in [0.5, 0.6) is 0 Å². The van der Waals surface area contributed by atoms with Crippen molar-refractivity contribution in [3.05, 3.63) is 28.2 Å². The van der Waals surface area contributed by atoms with Gasteiger partial charge in [-0.1, -0.05) is 13.0 Å². The number of urea groups is 1. The number of rotatable bonds is 5. The highest BCUT2D eigenvalue weighted by molar-refractivity contribution is 9.10. The van der Waals surface area contributed by atoms with Crippen molar-refractivity contribution in [2.45, 2.75) is 32.7 Å². The lowest BCUT2D eigenvalue weighted by Crippen LogP contribution is -2.38. The van der Waals surface area contributed by atoms with E-state index in [4.69, 9.17) is 5.11 Å². The predicted octanol–water partition coefficient (Wildman–Crippen LogP) is 3.13. The molecule has 0 aliphatic heterocycles. The second-order valence-corrected chi connectivity index (χ2v) is 5.14. The van der Waals surface area contributed by atoms with Gasteiger partial charge in [0.05, 0.1) is 12.1 Å². The molecule has 6 heteroatoms. The van der Waals surface area contributed by atoms with Gasteiger partial charge in [0.15, 0.2) is 0 Å². The molecule has 0 heterocycles. The first-order valence-electron chi connectivity index (χ1n) is 5.97. The van der Waals surface area contributed by atoms with Gasteiger partial charge < -0.3 is 15.7 Å². The van der Waals surface area contributed by atoms with Crippen LogP contribution in [0.3, 0.4) is 0 Å². The van der Waals surface area contributed by atoms with Crippen LogP contribution in [0.2, 0.25) is 0 Å². The lowest BCUT2D eigenvalue weighted by Gasteiger charge is -2.16. The first-order chi connectivity index (χ1) is 8.92. The molecule has 0 saturated carbocycles. The summed E-state index contributed by atoms with van der Waals surface area (Å²) in [4.78, 5) is 22.4. The first kappa shape index (κ1) is 15.5. The van der Waals surface area contributed by atoms with Crippen LogP contribution in [-0.4, -0.2) is 23.1 Å². The number of aryl methyl sites for hydroxylation is 1. The normalized spacial score (nSPS) is 11.7. The van der Waals surface area contributed by atoms with Gasteiger partial charge in [0, 0.05) is 10.5 Å². The van der Waals surface area contributed by atoms with Crippen LogP contribution >= 0.6 is 15.9 Å². The topological polar surface area (TPSA) is 78.4 Å². The largest absolute Gasteiger partial charge is 0.481 e. The summed E-state index contributed by atoms with van der Waals surface area (Å²) in [5, 5.41) is 14.0. The number of hydrogen-bond donors (Lipinski definition) is 3. The number of nitrogens with one attached hydrogen (secondary N) is 2. The van der Waals surface area contributed by atoms with Gasteiger partial charge in [0.1, 0.15) is 0 Å². The summed E-state index contributed by atoms with van der Waals surface area (Å²) in [6.07, 6.45) is 0.480. The molecule has 0 fully saturated rings. The highest BCUT2D eigenvalue weighted by Crippen LogP contribution is 2.23. The predicted molar refractivity (Wildman–Crippen MR) is 77.4 cm³/mol. The van der Waals surface area contributed by atoms with Crippen molar-refractivity contribution in [3.8, 4) is 0 Å². The number of carboxylic acids is 1. The number of amides is 2. The van der Waals surface area contributed by atoms with Gasteiger partial charge in [-0.2, -0.15) is 0 Å². The average molecular weight is 329 g/mol. The molecule has 5 nitrogen and oxygen atoms in total. The second kappa shape index (κ2) is 7.13. The minimum atomic E-state index is -0.927. The summed E-state index contributed by atoms with van der Waals surface area (Å²) < 4.78 is 0.786. The van der Waals surface area contributed by atoms with E-state index in [-0.39, 0.29) is 12.5 Å². The Balaban J connectivity index is 2.61. The molecule has 1 aromatic rings. The van der Waals surface area contributed by atoms with Crippen LogP contribution in [0.25, 0.3) is 0 Å². The molecule has 0 spiro atoms. The molecule has 2 amide bonds. The van der Waals surface area contributed by atoms with Crippen molar-refractivity contribution in [2.75, 3.05) is 5.32 Å². The molecule has 1 atom stereocenters. The zero-order valence-corrected chi connectivity index (χ0v) is 12.5. The maximum atomic E-state index is 11.8. The maximum absolute atomic E-state index is 11.8. The Bertz CT molecular complexity index is 477. The number of carboxylic acid groups (broad SMARTS) is 1. The molecular formula is C13H17BrN2O3. The smallest absolute Gasteiger partial charge is 0.319 e. The number of hydrogen-bond acceptors (Lipinski definition) is 2. The van der Waals surface area contributed by atoms with Crippen molar-refractivity contribution < 1.29 is 14.7 Å². The van der Waals surface area contributed by atoms with Gasteiger partial charge in [0.2, 0.25) is 0 Å². The van der Waals surface area contributed by atoms with E-state index in [1.54, 1.807) is 6.07 Å². The van der Waals surface area contributed by atoms with E-state index in [0.29, 0.717) is 12.1 Å². The lowest BCUT2D eigenvalue weighted by molar-refractivity contribution is -0.137. The third-order valence-corrected chi connectivity index (χ3v) is 3.28. The van der Waals surface area contributed by atoms with Crippen LogP contribution in [0, 0.1) is 6.92 Å². The molecule has 19 heavy (non-hydrogen) atoms. The average Bonchev–Trinajstić information content (AvgIpc) is 2.31. The highest BCUT2D eigenvalue weighted by Gasteiger charge is 2.14. The molecule has 1 unspecified atom stereocenters. The van der Waals surface area contributed by atoms with E-state index in [1.165, 1.54) is 0 Å². The fraction of sp³-hybridized carbons (Fsp3) is 0.385. The Labute approximate surface area is 120 Å². The van der Waals surface area contributed by atoms with E-state index in [0.717, 1.165) is 10.0 Å².